The fourth-order valence-electron chi connectivity index (χ4n) is 2.28. The Morgan fingerprint density at radius 3 is 1.39 bits per heavy atom. The molecule has 160 valence electrons. The van der Waals surface area contributed by atoms with Crippen LogP contribution in [0, 0.1) is 0 Å². The van der Waals surface area contributed by atoms with Crippen LogP contribution in [0.25, 0.3) is 0 Å². The van der Waals surface area contributed by atoms with Crippen molar-refractivity contribution in [1.82, 2.24) is 20.0 Å². The minimum atomic E-state index is -1.49. The van der Waals surface area contributed by atoms with E-state index in [1.165, 1.54) is 16.8 Å². The minimum Gasteiger partial charge on any atom is -0.549 e. The Labute approximate surface area is 161 Å². The molecule has 0 aromatic heterocycles. The van der Waals surface area contributed by atoms with Gasteiger partial charge in [-0.05, 0) is 0 Å². The molecule has 0 rings (SSSR count). The summed E-state index contributed by atoms with van der Waals surface area (Å²) in [6.45, 7) is -2.72. The first kappa shape index (κ1) is 25.2. The first-order chi connectivity index (χ1) is 13.0. The quantitative estimate of drug-likeness (QED) is 0.247. The summed E-state index contributed by atoms with van der Waals surface area (Å²) >= 11 is 0. The van der Waals surface area contributed by atoms with Gasteiger partial charge in [-0.25, -0.2) is 0 Å². The van der Waals surface area contributed by atoms with Crippen molar-refractivity contribution in [2.75, 3.05) is 66.0 Å². The molecule has 13 heteroatoms. The first-order valence-electron chi connectivity index (χ1n) is 8.22. The van der Waals surface area contributed by atoms with Crippen LogP contribution in [-0.2, 0) is 24.0 Å². The van der Waals surface area contributed by atoms with E-state index in [1.807, 2.05) is 0 Å². The lowest BCUT2D eigenvalue weighted by molar-refractivity contribution is -0.308. The van der Waals surface area contributed by atoms with Gasteiger partial charge in [-0.3, -0.25) is 24.3 Å². The number of nitrogens with one attached hydrogen (secondary N) is 1. The molecule has 0 aliphatic rings. The van der Waals surface area contributed by atoms with Gasteiger partial charge in [-0.2, -0.15) is 0 Å². The van der Waals surface area contributed by atoms with Crippen molar-refractivity contribution in [2.24, 2.45) is 0 Å². The number of likely N-dealkylation sites (N-methyl/N-ethyl adjacent to an activating group) is 1. The van der Waals surface area contributed by atoms with Crippen molar-refractivity contribution in [1.29, 1.82) is 0 Å². The van der Waals surface area contributed by atoms with Crippen molar-refractivity contribution in [3.8, 4) is 0 Å². The Bertz CT molecular complexity index is 554. The molecule has 0 spiro atoms. The Hall–Kier alpha value is -2.77. The third-order valence-corrected chi connectivity index (χ3v) is 3.53. The monoisotopic (exact) mass is 403 g/mol. The number of hydrogen-bond donors (Lipinski definition) is 2. The van der Waals surface area contributed by atoms with E-state index in [0.29, 0.717) is 0 Å². The molecule has 0 aromatic carbocycles. The van der Waals surface area contributed by atoms with E-state index in [-0.39, 0.29) is 32.7 Å². The second-order valence-electron chi connectivity index (χ2n) is 5.88. The van der Waals surface area contributed by atoms with Crippen LogP contribution < -0.4 is 20.6 Å². The summed E-state index contributed by atoms with van der Waals surface area (Å²) in [5.41, 5.74) is 0. The van der Waals surface area contributed by atoms with E-state index in [1.54, 1.807) is 0 Å². The third kappa shape index (κ3) is 13.4. The maximum Gasteiger partial charge on any atom is 0.317 e. The minimum absolute atomic E-state index is 0.00445. The molecule has 0 bridgehead atoms. The average molecular weight is 403 g/mol. The molecule has 0 heterocycles. The molecule has 0 saturated heterocycles. The molecule has 13 nitrogen and oxygen atoms in total. The molecule has 2 N–H and O–H groups in total. The number of aliphatic carboxylic acids is 4. The van der Waals surface area contributed by atoms with Crippen molar-refractivity contribution in [3.63, 3.8) is 0 Å². The number of carboxylic acids is 4. The van der Waals surface area contributed by atoms with E-state index in [0.717, 1.165) is 4.90 Å². The summed E-state index contributed by atoms with van der Waals surface area (Å²) in [4.78, 5) is 58.2. The van der Waals surface area contributed by atoms with Crippen LogP contribution in [0.3, 0.4) is 0 Å². The highest BCUT2D eigenvalue weighted by atomic mass is 16.4. The van der Waals surface area contributed by atoms with E-state index in [4.69, 9.17) is 5.11 Å². The van der Waals surface area contributed by atoms with E-state index < -0.39 is 56.0 Å². The summed E-state index contributed by atoms with van der Waals surface area (Å²) in [6.07, 6.45) is 0. The van der Waals surface area contributed by atoms with E-state index in [9.17, 15) is 39.3 Å². The number of carbonyl (C=O) groups excluding carboxylic acids is 4. The normalized spacial score (nSPS) is 11.0. The lowest BCUT2D eigenvalue weighted by Crippen LogP contribution is -2.49. The van der Waals surface area contributed by atoms with Gasteiger partial charge in [0.15, 0.2) is 0 Å². The summed E-state index contributed by atoms with van der Waals surface area (Å²) in [5.74, 6) is -6.05. The van der Waals surface area contributed by atoms with Crippen LogP contribution in [0.5, 0.6) is 0 Å². The fraction of sp³-hybridized carbons (Fsp3) is 0.667. The van der Waals surface area contributed by atoms with E-state index in [2.05, 4.69) is 5.32 Å². The molecule has 28 heavy (non-hydrogen) atoms. The van der Waals surface area contributed by atoms with Gasteiger partial charge in [0.05, 0.1) is 31.0 Å². The lowest BCUT2D eigenvalue weighted by atomic mass is 10.3. The maximum atomic E-state index is 11.4. The van der Waals surface area contributed by atoms with Crippen molar-refractivity contribution in [3.05, 3.63) is 0 Å². The van der Waals surface area contributed by atoms with Crippen molar-refractivity contribution >= 4 is 29.8 Å². The number of carboxylic acid groups (broad SMARTS) is 4. The zero-order chi connectivity index (χ0) is 21.7. The number of nitrogens with zero attached hydrogens (tertiary/aromatic N) is 3. The van der Waals surface area contributed by atoms with E-state index >= 15 is 0 Å². The first-order valence-corrected chi connectivity index (χ1v) is 8.22. The van der Waals surface area contributed by atoms with Gasteiger partial charge in [0.25, 0.3) is 0 Å². The second kappa shape index (κ2) is 13.4. The standard InChI is InChI=1S/C15H26N4O9/c1-16-11(20)6-18(8-13(23)24)4-2-17(7-12(21)22)3-5-19(9-14(25)26)10-15(27)28/h2-10H2,1H3,(H,16,20)(H,21,22)(H,23,24)(H,25,26)(H,27,28)/p-3. The predicted molar refractivity (Wildman–Crippen MR) is 86.0 cm³/mol. The lowest BCUT2D eigenvalue weighted by Gasteiger charge is -2.30. The molecule has 1 amide bonds. The second-order valence-corrected chi connectivity index (χ2v) is 5.88. The molecular formula is C15H23N4O9-3. The number of hydrogen-bond acceptors (Lipinski definition) is 11. The zero-order valence-corrected chi connectivity index (χ0v) is 15.4. The largest absolute Gasteiger partial charge is 0.549 e. The number of amides is 1. The summed E-state index contributed by atoms with van der Waals surface area (Å²) in [7, 11) is 1.37. The summed E-state index contributed by atoms with van der Waals surface area (Å²) in [6, 6.07) is 0. The van der Waals surface area contributed by atoms with Gasteiger partial charge >= 0.3 is 5.97 Å². The topological polar surface area (TPSA) is 197 Å². The molecule has 0 radical (unpaired) electrons. The summed E-state index contributed by atoms with van der Waals surface area (Å²) < 4.78 is 0. The van der Waals surface area contributed by atoms with Crippen LogP contribution in [-0.4, -0.2) is 116 Å². The Morgan fingerprint density at radius 1 is 0.679 bits per heavy atom. The molecule has 0 atom stereocenters. The van der Waals surface area contributed by atoms with Crippen LogP contribution >= 0.6 is 0 Å². The van der Waals surface area contributed by atoms with Gasteiger partial charge < -0.3 is 40.1 Å². The number of rotatable bonds is 16. The number of carbonyl (C=O) groups is 5. The van der Waals surface area contributed by atoms with Gasteiger partial charge in [0, 0.05) is 52.9 Å². The molecule has 0 unspecified atom stereocenters. The zero-order valence-electron chi connectivity index (χ0n) is 15.4. The fourth-order valence-corrected chi connectivity index (χ4v) is 2.28. The third-order valence-electron chi connectivity index (χ3n) is 3.53. The SMILES string of the molecule is CNC(=O)CN(CCN(CCN(CC(=O)[O-])CC(=O)O)CC(=O)[O-])CC(=O)[O-]. The smallest absolute Gasteiger partial charge is 0.317 e. The van der Waals surface area contributed by atoms with Crippen molar-refractivity contribution < 1.29 is 44.4 Å². The van der Waals surface area contributed by atoms with Gasteiger partial charge in [0.2, 0.25) is 5.91 Å². The Kier molecular flexibility index (Phi) is 12.1. The van der Waals surface area contributed by atoms with Crippen LogP contribution in [0.4, 0.5) is 0 Å². The van der Waals surface area contributed by atoms with Gasteiger partial charge in [-0.15, -0.1) is 0 Å². The average Bonchev–Trinajstić information content (AvgIpc) is 2.54. The van der Waals surface area contributed by atoms with Gasteiger partial charge in [0.1, 0.15) is 0 Å². The maximum absolute atomic E-state index is 11.4. The highest BCUT2D eigenvalue weighted by Gasteiger charge is 2.15. The Morgan fingerprint density at radius 2 is 1.04 bits per heavy atom. The van der Waals surface area contributed by atoms with Crippen molar-refractivity contribution in [2.45, 2.75) is 0 Å². The summed E-state index contributed by atoms with van der Waals surface area (Å²) in [5, 5.41) is 43.5. The molecule has 0 fully saturated rings. The van der Waals surface area contributed by atoms with Crippen LogP contribution in [0.2, 0.25) is 0 Å². The molecule has 0 saturated carbocycles. The highest BCUT2D eigenvalue weighted by Crippen LogP contribution is 1.96. The van der Waals surface area contributed by atoms with Crippen LogP contribution in [0.15, 0.2) is 0 Å². The van der Waals surface area contributed by atoms with Gasteiger partial charge in [-0.1, -0.05) is 0 Å². The molecule has 0 aliphatic carbocycles. The molecule has 0 aromatic rings. The predicted octanol–water partition coefficient (Wildman–Crippen LogP) is -7.03. The molecule has 0 aliphatic heterocycles. The highest BCUT2D eigenvalue weighted by molar-refractivity contribution is 5.78. The molecular weight excluding hydrogens is 380 g/mol. The Balaban J connectivity index is 4.90. The van der Waals surface area contributed by atoms with Crippen LogP contribution in [0.1, 0.15) is 0 Å².